The van der Waals surface area contributed by atoms with Gasteiger partial charge in [0, 0.05) is 26.3 Å². The van der Waals surface area contributed by atoms with Gasteiger partial charge < -0.3 is 4.90 Å². The molecule has 0 saturated heterocycles. The van der Waals surface area contributed by atoms with Crippen molar-refractivity contribution in [2.24, 2.45) is 0 Å². The van der Waals surface area contributed by atoms with Crippen molar-refractivity contribution in [1.29, 1.82) is 0 Å². The molecule has 1 heterocycles. The summed E-state index contributed by atoms with van der Waals surface area (Å²) in [5.41, 5.74) is 2.11. The van der Waals surface area contributed by atoms with Crippen molar-refractivity contribution in [3.63, 3.8) is 0 Å². The van der Waals surface area contributed by atoms with Crippen LogP contribution in [0.2, 0.25) is 0 Å². The summed E-state index contributed by atoms with van der Waals surface area (Å²) in [5, 5.41) is 12.4. The maximum absolute atomic E-state index is 11.5. The van der Waals surface area contributed by atoms with E-state index in [1.807, 2.05) is 31.2 Å². The quantitative estimate of drug-likeness (QED) is 0.782. The average Bonchev–Trinajstić information content (AvgIpc) is 2.88. The third-order valence-corrected chi connectivity index (χ3v) is 3.69. The summed E-state index contributed by atoms with van der Waals surface area (Å²) >= 11 is 1.48. The molecule has 0 fully saturated rings. The number of carbonyl (C=O) groups excluding carboxylic acids is 1. The van der Waals surface area contributed by atoms with Crippen LogP contribution in [-0.2, 0) is 4.79 Å². The van der Waals surface area contributed by atoms with Crippen LogP contribution in [0.5, 0.6) is 0 Å². The van der Waals surface area contributed by atoms with Crippen molar-refractivity contribution in [1.82, 2.24) is 25.1 Å². The predicted octanol–water partition coefficient (Wildman–Crippen LogP) is 1.54. The highest BCUT2D eigenvalue weighted by molar-refractivity contribution is 7.99. The number of aromatic nitrogens is 4. The van der Waals surface area contributed by atoms with Gasteiger partial charge in [-0.1, -0.05) is 29.5 Å². The molecular weight excluding hydrogens is 274 g/mol. The summed E-state index contributed by atoms with van der Waals surface area (Å²) < 4.78 is 1.68. The van der Waals surface area contributed by atoms with E-state index in [0.717, 1.165) is 5.69 Å². The maximum atomic E-state index is 11.5. The van der Waals surface area contributed by atoms with E-state index >= 15 is 0 Å². The highest BCUT2D eigenvalue weighted by atomic mass is 32.2. The topological polar surface area (TPSA) is 63.9 Å². The van der Waals surface area contributed by atoms with E-state index in [9.17, 15) is 4.79 Å². The van der Waals surface area contributed by atoms with Gasteiger partial charge in [0.2, 0.25) is 11.1 Å². The van der Waals surface area contributed by atoms with Crippen LogP contribution in [-0.4, -0.2) is 50.9 Å². The summed E-state index contributed by atoms with van der Waals surface area (Å²) in [7, 11) is 3.51. The largest absolute Gasteiger partial charge is 0.349 e. The standard InChI is InChI=1S/C13H17N5OS/c1-10-4-6-11(7-5-10)18-13(14-15-16-18)20-9-8-12(19)17(2)3/h4-7H,8-9H2,1-3H3. The van der Waals surface area contributed by atoms with E-state index in [2.05, 4.69) is 15.5 Å². The summed E-state index contributed by atoms with van der Waals surface area (Å²) in [6.07, 6.45) is 0.471. The molecule has 0 aliphatic carbocycles. The van der Waals surface area contributed by atoms with Crippen molar-refractivity contribution in [3.8, 4) is 5.69 Å². The molecule has 0 saturated carbocycles. The molecule has 0 N–H and O–H groups in total. The molecule has 7 heteroatoms. The number of amides is 1. The molecule has 0 bridgehead atoms. The van der Waals surface area contributed by atoms with Crippen LogP contribution in [0.25, 0.3) is 5.69 Å². The molecule has 0 aliphatic rings. The van der Waals surface area contributed by atoms with Gasteiger partial charge in [0.1, 0.15) is 0 Å². The number of tetrazole rings is 1. The summed E-state index contributed by atoms with van der Waals surface area (Å²) in [4.78, 5) is 13.1. The Morgan fingerprint density at radius 2 is 2.00 bits per heavy atom. The number of aryl methyl sites for hydroxylation is 1. The van der Waals surface area contributed by atoms with Crippen LogP contribution in [0.4, 0.5) is 0 Å². The molecule has 1 aromatic carbocycles. The molecule has 0 aliphatic heterocycles. The Hall–Kier alpha value is -1.89. The van der Waals surface area contributed by atoms with E-state index in [-0.39, 0.29) is 5.91 Å². The van der Waals surface area contributed by atoms with Gasteiger partial charge in [0.05, 0.1) is 5.69 Å². The van der Waals surface area contributed by atoms with E-state index in [4.69, 9.17) is 0 Å². The zero-order chi connectivity index (χ0) is 14.5. The Bertz CT molecular complexity index is 579. The number of benzene rings is 1. The molecule has 6 nitrogen and oxygen atoms in total. The van der Waals surface area contributed by atoms with E-state index in [1.54, 1.807) is 23.7 Å². The first kappa shape index (κ1) is 14.5. The molecule has 106 valence electrons. The second kappa shape index (κ2) is 6.51. The minimum atomic E-state index is 0.104. The lowest BCUT2D eigenvalue weighted by Gasteiger charge is -2.09. The minimum Gasteiger partial charge on any atom is -0.349 e. The third kappa shape index (κ3) is 3.57. The Morgan fingerprint density at radius 1 is 1.30 bits per heavy atom. The first-order valence-corrected chi connectivity index (χ1v) is 7.25. The number of rotatable bonds is 5. The zero-order valence-electron chi connectivity index (χ0n) is 11.8. The molecule has 2 aromatic rings. The summed E-state index contributed by atoms with van der Waals surface area (Å²) in [6, 6.07) is 7.98. The normalized spacial score (nSPS) is 10.6. The van der Waals surface area contributed by atoms with Gasteiger partial charge in [-0.3, -0.25) is 4.79 Å². The highest BCUT2D eigenvalue weighted by Crippen LogP contribution is 2.19. The van der Waals surface area contributed by atoms with Crippen molar-refractivity contribution in [3.05, 3.63) is 29.8 Å². The Morgan fingerprint density at radius 3 is 2.65 bits per heavy atom. The van der Waals surface area contributed by atoms with Crippen LogP contribution in [0.3, 0.4) is 0 Å². The lowest BCUT2D eigenvalue weighted by Crippen LogP contribution is -2.21. The van der Waals surface area contributed by atoms with Crippen LogP contribution < -0.4 is 0 Å². The lowest BCUT2D eigenvalue weighted by atomic mass is 10.2. The monoisotopic (exact) mass is 291 g/mol. The molecule has 0 spiro atoms. The smallest absolute Gasteiger partial charge is 0.222 e. The fraction of sp³-hybridized carbons (Fsp3) is 0.385. The molecule has 20 heavy (non-hydrogen) atoms. The number of nitrogens with zero attached hydrogens (tertiary/aromatic N) is 5. The number of hydrogen-bond donors (Lipinski definition) is 0. The Kier molecular flexibility index (Phi) is 4.73. The number of thioether (sulfide) groups is 1. The van der Waals surface area contributed by atoms with E-state index in [1.165, 1.54) is 17.3 Å². The first-order chi connectivity index (χ1) is 9.58. The van der Waals surface area contributed by atoms with Gasteiger partial charge >= 0.3 is 0 Å². The van der Waals surface area contributed by atoms with Gasteiger partial charge in [0.25, 0.3) is 0 Å². The third-order valence-electron chi connectivity index (χ3n) is 2.77. The molecule has 1 aromatic heterocycles. The molecule has 1 amide bonds. The number of hydrogen-bond acceptors (Lipinski definition) is 5. The van der Waals surface area contributed by atoms with Crippen LogP contribution >= 0.6 is 11.8 Å². The number of carbonyl (C=O) groups is 1. The first-order valence-electron chi connectivity index (χ1n) is 6.26. The van der Waals surface area contributed by atoms with Crippen LogP contribution in [0.1, 0.15) is 12.0 Å². The van der Waals surface area contributed by atoms with Gasteiger partial charge in [-0.25, -0.2) is 0 Å². The lowest BCUT2D eigenvalue weighted by molar-refractivity contribution is -0.128. The van der Waals surface area contributed by atoms with Crippen LogP contribution in [0, 0.1) is 6.92 Å². The van der Waals surface area contributed by atoms with Crippen LogP contribution in [0.15, 0.2) is 29.4 Å². The molecule has 0 atom stereocenters. The van der Waals surface area contributed by atoms with Gasteiger partial charge in [-0.15, -0.1) is 5.10 Å². The molecule has 2 rings (SSSR count). The fourth-order valence-corrected chi connectivity index (χ4v) is 2.39. The second-order valence-electron chi connectivity index (χ2n) is 4.60. The average molecular weight is 291 g/mol. The Labute approximate surface area is 122 Å². The van der Waals surface area contributed by atoms with Crippen molar-refractivity contribution in [2.75, 3.05) is 19.8 Å². The van der Waals surface area contributed by atoms with Gasteiger partial charge in [-0.2, -0.15) is 4.68 Å². The maximum Gasteiger partial charge on any atom is 0.222 e. The SMILES string of the molecule is Cc1ccc(-n2nnnc2SCCC(=O)N(C)C)cc1. The minimum absolute atomic E-state index is 0.104. The fourth-order valence-electron chi connectivity index (χ4n) is 1.57. The van der Waals surface area contributed by atoms with E-state index < -0.39 is 0 Å². The van der Waals surface area contributed by atoms with Crippen molar-refractivity contribution >= 4 is 17.7 Å². The van der Waals surface area contributed by atoms with Crippen molar-refractivity contribution < 1.29 is 4.79 Å². The van der Waals surface area contributed by atoms with E-state index in [0.29, 0.717) is 17.3 Å². The van der Waals surface area contributed by atoms with Gasteiger partial charge in [-0.05, 0) is 29.5 Å². The summed E-state index contributed by atoms with van der Waals surface area (Å²) in [5.74, 6) is 0.760. The van der Waals surface area contributed by atoms with Crippen molar-refractivity contribution in [2.45, 2.75) is 18.5 Å². The predicted molar refractivity (Wildman–Crippen MR) is 77.9 cm³/mol. The second-order valence-corrected chi connectivity index (χ2v) is 5.66. The molecule has 0 unspecified atom stereocenters. The summed E-state index contributed by atoms with van der Waals surface area (Å²) in [6.45, 7) is 2.03. The zero-order valence-corrected chi connectivity index (χ0v) is 12.6. The highest BCUT2D eigenvalue weighted by Gasteiger charge is 2.10. The molecule has 0 radical (unpaired) electrons. The Balaban J connectivity index is 2.02. The molecular formula is C13H17N5OS. The van der Waals surface area contributed by atoms with Gasteiger partial charge in [0.15, 0.2) is 0 Å².